The first kappa shape index (κ1) is 22.9. The number of hydrogen-bond acceptors (Lipinski definition) is 7. The molecule has 0 spiro atoms. The normalized spacial score (nSPS) is 20.1. The fourth-order valence-electron chi connectivity index (χ4n) is 5.66. The van der Waals surface area contributed by atoms with Gasteiger partial charge in [-0.2, -0.15) is 0 Å². The number of nitrogens with two attached hydrogens (primary N) is 1. The van der Waals surface area contributed by atoms with Gasteiger partial charge in [-0.25, -0.2) is 15.0 Å². The number of likely N-dealkylation sites (tertiary alicyclic amines) is 1. The number of halogens is 1. The van der Waals surface area contributed by atoms with Gasteiger partial charge in [0.05, 0.1) is 23.4 Å². The maximum absolute atomic E-state index is 13.8. The zero-order chi connectivity index (χ0) is 26.0. The Balaban J connectivity index is 1.23. The number of carbonyl (C=O) groups is 2. The quantitative estimate of drug-likeness (QED) is 0.302. The number of nitrogens with zero attached hydrogens (tertiary/aromatic N) is 5. The van der Waals surface area contributed by atoms with E-state index >= 15 is 0 Å². The number of nitrogens with one attached hydrogen (secondary N) is 1. The molecule has 190 valence electrons. The second-order valence-electron chi connectivity index (χ2n) is 9.74. The lowest BCUT2D eigenvalue weighted by Crippen LogP contribution is -2.46. The van der Waals surface area contributed by atoms with E-state index in [1.54, 1.807) is 35.6 Å². The first-order valence-electron chi connectivity index (χ1n) is 12.3. The molecular weight excluding hydrogens is 550 g/mol. The summed E-state index contributed by atoms with van der Waals surface area (Å²) in [5.74, 6) is 0.777. The average Bonchev–Trinajstić information content (AvgIpc) is 3.25. The van der Waals surface area contributed by atoms with Crippen LogP contribution >= 0.6 is 15.9 Å². The van der Waals surface area contributed by atoms with Gasteiger partial charge in [0.25, 0.3) is 0 Å². The molecule has 11 heteroatoms. The number of nitrogen functional groups attached to an aromatic ring is 1. The average molecular weight is 572 g/mol. The van der Waals surface area contributed by atoms with E-state index in [1.165, 1.54) is 6.33 Å². The molecule has 4 aromatic heterocycles. The number of aromatic nitrogens is 4. The maximum atomic E-state index is 13.8. The van der Waals surface area contributed by atoms with Crippen molar-refractivity contribution >= 4 is 61.3 Å². The number of pyridine rings is 1. The van der Waals surface area contributed by atoms with Crippen LogP contribution in [0.15, 0.2) is 70.3 Å². The van der Waals surface area contributed by atoms with Crippen molar-refractivity contribution in [3.63, 3.8) is 0 Å². The number of rotatable bonds is 5. The molecule has 10 nitrogen and oxygen atoms in total. The molecule has 2 fully saturated rings. The fraction of sp³-hybridized carbons (Fsp3) is 0.222. The highest BCUT2D eigenvalue weighted by molar-refractivity contribution is 9.10. The molecule has 2 amide bonds. The zero-order valence-corrected chi connectivity index (χ0v) is 21.6. The molecular formula is C27H22BrN7O3. The number of piperidine rings is 1. The highest BCUT2D eigenvalue weighted by Gasteiger charge is 2.56. The lowest BCUT2D eigenvalue weighted by atomic mass is 10.1. The largest absolute Gasteiger partial charge is 0.472 e. The summed E-state index contributed by atoms with van der Waals surface area (Å²) in [7, 11) is 0. The van der Waals surface area contributed by atoms with Crippen molar-refractivity contribution in [1.29, 1.82) is 0 Å². The third-order valence-electron chi connectivity index (χ3n) is 7.48. The van der Waals surface area contributed by atoms with Crippen LogP contribution in [0.3, 0.4) is 0 Å². The smallest absolute Gasteiger partial charge is 0.248 e. The van der Waals surface area contributed by atoms with E-state index in [0.717, 1.165) is 28.5 Å². The Labute approximate surface area is 225 Å². The molecule has 0 bridgehead atoms. The van der Waals surface area contributed by atoms with Crippen LogP contribution in [-0.2, 0) is 16.1 Å². The Kier molecular flexibility index (Phi) is 5.22. The second kappa shape index (κ2) is 8.66. The zero-order valence-electron chi connectivity index (χ0n) is 20.0. The Bertz CT molecular complexity index is 1730. The van der Waals surface area contributed by atoms with E-state index in [4.69, 9.17) is 10.2 Å². The van der Waals surface area contributed by atoms with E-state index in [2.05, 4.69) is 36.2 Å². The van der Waals surface area contributed by atoms with Gasteiger partial charge in [-0.15, -0.1) is 0 Å². The third kappa shape index (κ3) is 3.73. The van der Waals surface area contributed by atoms with Gasteiger partial charge in [0.15, 0.2) is 0 Å². The highest BCUT2D eigenvalue weighted by atomic mass is 79.9. The predicted molar refractivity (Wildman–Crippen MR) is 145 cm³/mol. The summed E-state index contributed by atoms with van der Waals surface area (Å²) in [6, 6.07) is 12.7. The summed E-state index contributed by atoms with van der Waals surface area (Å²) < 4.78 is 7.74. The molecule has 7 rings (SSSR count). The Hall–Kier alpha value is -4.25. The molecule has 38 heavy (non-hydrogen) atoms. The Morgan fingerprint density at radius 1 is 1.13 bits per heavy atom. The molecule has 2 aliphatic rings. The number of benzene rings is 1. The molecule has 1 saturated carbocycles. The van der Waals surface area contributed by atoms with Crippen molar-refractivity contribution in [2.24, 2.45) is 5.92 Å². The Morgan fingerprint density at radius 3 is 2.84 bits per heavy atom. The first-order chi connectivity index (χ1) is 18.5. The summed E-state index contributed by atoms with van der Waals surface area (Å²) >= 11 is 3.33. The van der Waals surface area contributed by atoms with Gasteiger partial charge in [0, 0.05) is 17.0 Å². The molecule has 1 unspecified atom stereocenters. The molecule has 0 radical (unpaired) electrons. The van der Waals surface area contributed by atoms with Crippen molar-refractivity contribution in [1.82, 2.24) is 24.4 Å². The van der Waals surface area contributed by atoms with Crippen LogP contribution in [-0.4, -0.2) is 48.3 Å². The molecule has 1 saturated heterocycles. The van der Waals surface area contributed by atoms with E-state index in [0.29, 0.717) is 39.6 Å². The van der Waals surface area contributed by atoms with Crippen molar-refractivity contribution in [3.05, 3.63) is 65.9 Å². The number of anilines is 2. The molecule has 3 N–H and O–H groups in total. The van der Waals surface area contributed by atoms with Crippen molar-refractivity contribution < 1.29 is 14.0 Å². The van der Waals surface area contributed by atoms with Crippen LogP contribution in [0.25, 0.3) is 33.1 Å². The number of amides is 2. The fourth-order valence-corrected chi connectivity index (χ4v) is 6.00. The van der Waals surface area contributed by atoms with Crippen LogP contribution in [0.5, 0.6) is 0 Å². The second-order valence-corrected chi connectivity index (χ2v) is 10.6. The topological polar surface area (TPSA) is 132 Å². The molecule has 1 aliphatic heterocycles. The van der Waals surface area contributed by atoms with Crippen LogP contribution in [0.4, 0.5) is 11.6 Å². The number of carbonyl (C=O) groups excluding carboxylic acids is 2. The SMILES string of the molecule is Nc1ncnc2c1c1cc(-c3ccoc3)ccc1n2CC(=O)N1C2C[C@@H]2C[C@H]1C(=O)Nc1cccc(Br)n1. The van der Waals surface area contributed by atoms with Gasteiger partial charge in [-0.05, 0) is 70.6 Å². The Morgan fingerprint density at radius 2 is 2.03 bits per heavy atom. The lowest BCUT2D eigenvalue weighted by molar-refractivity contribution is -0.138. The van der Waals surface area contributed by atoms with Gasteiger partial charge in [0.2, 0.25) is 11.8 Å². The minimum atomic E-state index is -0.549. The van der Waals surface area contributed by atoms with Crippen molar-refractivity contribution in [2.75, 3.05) is 11.1 Å². The van der Waals surface area contributed by atoms with Gasteiger partial charge in [-0.3, -0.25) is 9.59 Å². The minimum Gasteiger partial charge on any atom is -0.472 e. The summed E-state index contributed by atoms with van der Waals surface area (Å²) in [5, 5.41) is 4.42. The maximum Gasteiger partial charge on any atom is 0.248 e. The molecule has 5 heterocycles. The van der Waals surface area contributed by atoms with Crippen molar-refractivity contribution in [2.45, 2.75) is 31.5 Å². The monoisotopic (exact) mass is 571 g/mol. The van der Waals surface area contributed by atoms with Gasteiger partial charge in [-0.1, -0.05) is 12.1 Å². The number of furan rings is 1. The standard InChI is InChI=1S/C27H22BrN7O3/c28-21-2-1-3-22(32-21)33-27(37)20-10-16-9-19(16)35(20)23(36)11-34-18-5-4-14(15-6-7-38-12-15)8-17(18)24-25(29)30-13-31-26(24)34/h1-8,12-13,16,19-20H,9-11H2,(H2,29,30,31)(H,32,33,37)/t16-,19?,20+/m1/s1. The molecule has 5 aromatic rings. The van der Waals surface area contributed by atoms with Crippen molar-refractivity contribution in [3.8, 4) is 11.1 Å². The van der Waals surface area contributed by atoms with Gasteiger partial charge < -0.3 is 24.9 Å². The summed E-state index contributed by atoms with van der Waals surface area (Å²) in [6.07, 6.45) is 6.27. The highest BCUT2D eigenvalue weighted by Crippen LogP contribution is 2.48. The van der Waals surface area contributed by atoms with Crippen LogP contribution in [0.1, 0.15) is 12.8 Å². The number of fused-ring (bicyclic) bond motifs is 4. The minimum absolute atomic E-state index is 0.0314. The molecule has 1 aromatic carbocycles. The first-order valence-corrected chi connectivity index (χ1v) is 13.1. The van der Waals surface area contributed by atoms with E-state index in [9.17, 15) is 9.59 Å². The third-order valence-corrected chi connectivity index (χ3v) is 7.92. The number of hydrogen-bond donors (Lipinski definition) is 2. The van der Waals surface area contributed by atoms with Crippen LogP contribution < -0.4 is 11.1 Å². The summed E-state index contributed by atoms with van der Waals surface area (Å²) in [4.78, 5) is 41.8. The molecule has 1 aliphatic carbocycles. The molecule has 3 atom stereocenters. The van der Waals surface area contributed by atoms with E-state index < -0.39 is 6.04 Å². The predicted octanol–water partition coefficient (Wildman–Crippen LogP) is 4.21. The van der Waals surface area contributed by atoms with E-state index in [1.807, 2.05) is 28.8 Å². The lowest BCUT2D eigenvalue weighted by Gasteiger charge is -2.27. The van der Waals surface area contributed by atoms with Crippen LogP contribution in [0.2, 0.25) is 0 Å². The summed E-state index contributed by atoms with van der Waals surface area (Å²) in [6.45, 7) is 0.0314. The summed E-state index contributed by atoms with van der Waals surface area (Å²) in [5.41, 5.74) is 9.58. The van der Waals surface area contributed by atoms with Gasteiger partial charge in [0.1, 0.15) is 40.8 Å². The van der Waals surface area contributed by atoms with Crippen LogP contribution in [0, 0.1) is 5.92 Å². The van der Waals surface area contributed by atoms with E-state index in [-0.39, 0.29) is 24.4 Å². The van der Waals surface area contributed by atoms with Gasteiger partial charge >= 0.3 is 0 Å².